The molecular weight excluding hydrogens is 236 g/mol. The molecule has 0 amide bonds. The minimum absolute atomic E-state index is 0.413. The van der Waals surface area contributed by atoms with Gasteiger partial charge in [-0.15, -0.1) is 11.6 Å². The van der Waals surface area contributed by atoms with Crippen LogP contribution in [0.15, 0.2) is 24.5 Å². The first kappa shape index (κ1) is 12.2. The highest BCUT2D eigenvalue weighted by Crippen LogP contribution is 2.15. The number of hydrogen-bond acceptors (Lipinski definition) is 3. The van der Waals surface area contributed by atoms with Gasteiger partial charge in [-0.05, 0) is 26.3 Å². The molecule has 0 spiro atoms. The Balaban J connectivity index is 2.27. The maximum atomic E-state index is 5.75. The molecule has 0 aliphatic heterocycles. The molecule has 0 aromatic carbocycles. The summed E-state index contributed by atoms with van der Waals surface area (Å²) in [7, 11) is 0. The molecule has 4 nitrogen and oxygen atoms in total. The number of fused-ring (bicyclic) bond motifs is 1. The summed E-state index contributed by atoms with van der Waals surface area (Å²) in [6.45, 7) is 5.26. The summed E-state index contributed by atoms with van der Waals surface area (Å²) in [4.78, 5) is 6.85. The van der Waals surface area contributed by atoms with Gasteiger partial charge in [0, 0.05) is 30.7 Å². The van der Waals surface area contributed by atoms with Crippen molar-refractivity contribution in [2.24, 2.45) is 0 Å². The molecule has 2 aromatic heterocycles. The first-order valence-electron chi connectivity index (χ1n) is 5.85. The molecule has 0 aliphatic rings. The van der Waals surface area contributed by atoms with Crippen LogP contribution in [0.4, 0.5) is 5.82 Å². The second-order valence-corrected chi connectivity index (χ2v) is 4.63. The Morgan fingerprint density at radius 2 is 2.24 bits per heavy atom. The van der Waals surface area contributed by atoms with E-state index in [1.165, 1.54) is 0 Å². The summed E-state index contributed by atoms with van der Waals surface area (Å²) in [5.41, 5.74) is 0.874. The molecule has 0 unspecified atom stereocenters. The normalized spacial score (nSPS) is 11.3. The van der Waals surface area contributed by atoms with Gasteiger partial charge in [0.2, 0.25) is 0 Å². The average Bonchev–Trinajstić information content (AvgIpc) is 2.76. The summed E-state index contributed by atoms with van der Waals surface area (Å²) >= 11 is 5.75. The first-order valence-corrected chi connectivity index (χ1v) is 6.39. The molecule has 0 radical (unpaired) electrons. The highest BCUT2D eigenvalue weighted by molar-refractivity contribution is 6.17. The van der Waals surface area contributed by atoms with Crippen LogP contribution in [-0.2, 0) is 0 Å². The molecule has 0 aliphatic carbocycles. The number of rotatable bonds is 5. The topological polar surface area (TPSA) is 33.4 Å². The molecule has 2 rings (SSSR count). The van der Waals surface area contributed by atoms with Gasteiger partial charge in [0.1, 0.15) is 5.82 Å². The summed E-state index contributed by atoms with van der Waals surface area (Å²) in [6.07, 6.45) is 4.66. The predicted molar refractivity (Wildman–Crippen MR) is 70.8 cm³/mol. The van der Waals surface area contributed by atoms with Crippen LogP contribution in [0.25, 0.3) is 5.65 Å². The molecular formula is C12H17ClN4. The van der Waals surface area contributed by atoms with Gasteiger partial charge >= 0.3 is 0 Å². The van der Waals surface area contributed by atoms with Crippen LogP contribution in [-0.4, -0.2) is 33.1 Å². The number of halogens is 1. The predicted octanol–water partition coefficient (Wildman–Crippen LogP) is 2.57. The fraction of sp³-hybridized carbons (Fsp3) is 0.500. The van der Waals surface area contributed by atoms with Crippen LogP contribution >= 0.6 is 11.6 Å². The van der Waals surface area contributed by atoms with Crippen molar-refractivity contribution in [3.8, 4) is 0 Å². The van der Waals surface area contributed by atoms with Crippen LogP contribution in [0, 0.1) is 0 Å². The minimum atomic E-state index is 0.413. The Morgan fingerprint density at radius 1 is 1.41 bits per heavy atom. The zero-order chi connectivity index (χ0) is 12.3. The van der Waals surface area contributed by atoms with E-state index in [2.05, 4.69) is 28.8 Å². The molecule has 0 saturated heterocycles. The van der Waals surface area contributed by atoms with Crippen molar-refractivity contribution < 1.29 is 0 Å². The number of alkyl halides is 1. The SMILES string of the molecule is CC(C)N(CCCCl)c1ccn2nccc2n1. The van der Waals surface area contributed by atoms with E-state index in [1.807, 2.05) is 18.3 Å². The van der Waals surface area contributed by atoms with E-state index >= 15 is 0 Å². The van der Waals surface area contributed by atoms with E-state index in [9.17, 15) is 0 Å². The molecule has 5 heteroatoms. The third-order valence-electron chi connectivity index (χ3n) is 2.69. The van der Waals surface area contributed by atoms with Crippen molar-refractivity contribution in [1.29, 1.82) is 0 Å². The van der Waals surface area contributed by atoms with Gasteiger partial charge in [0.15, 0.2) is 5.65 Å². The van der Waals surface area contributed by atoms with Gasteiger partial charge in [-0.25, -0.2) is 9.50 Å². The number of nitrogens with zero attached hydrogens (tertiary/aromatic N) is 4. The van der Waals surface area contributed by atoms with E-state index in [-0.39, 0.29) is 0 Å². The van der Waals surface area contributed by atoms with Crippen molar-refractivity contribution in [3.05, 3.63) is 24.5 Å². The Morgan fingerprint density at radius 3 is 2.94 bits per heavy atom. The molecule has 2 heterocycles. The second-order valence-electron chi connectivity index (χ2n) is 4.25. The van der Waals surface area contributed by atoms with E-state index in [4.69, 9.17) is 11.6 Å². The van der Waals surface area contributed by atoms with Crippen LogP contribution in [0.2, 0.25) is 0 Å². The van der Waals surface area contributed by atoms with Crippen molar-refractivity contribution in [3.63, 3.8) is 0 Å². The maximum Gasteiger partial charge on any atom is 0.157 e. The van der Waals surface area contributed by atoms with E-state index in [0.29, 0.717) is 11.9 Å². The molecule has 0 saturated carbocycles. The van der Waals surface area contributed by atoms with Crippen LogP contribution in [0.1, 0.15) is 20.3 Å². The lowest BCUT2D eigenvalue weighted by Gasteiger charge is -2.27. The van der Waals surface area contributed by atoms with E-state index < -0.39 is 0 Å². The van der Waals surface area contributed by atoms with Gasteiger partial charge in [-0.2, -0.15) is 5.10 Å². The average molecular weight is 253 g/mol. The van der Waals surface area contributed by atoms with Crippen molar-refractivity contribution >= 4 is 23.1 Å². The van der Waals surface area contributed by atoms with Crippen molar-refractivity contribution in [2.45, 2.75) is 26.3 Å². The summed E-state index contributed by atoms with van der Waals surface area (Å²) in [5.74, 6) is 1.66. The first-order chi connectivity index (χ1) is 8.22. The molecule has 92 valence electrons. The molecule has 2 aromatic rings. The summed E-state index contributed by atoms with van der Waals surface area (Å²) in [6, 6.07) is 4.31. The molecule has 0 atom stereocenters. The van der Waals surface area contributed by atoms with Gasteiger partial charge in [0.05, 0.1) is 6.20 Å². The summed E-state index contributed by atoms with van der Waals surface area (Å²) in [5, 5.41) is 4.14. The maximum absolute atomic E-state index is 5.75. The molecule has 0 fully saturated rings. The van der Waals surface area contributed by atoms with Gasteiger partial charge in [0.25, 0.3) is 0 Å². The Hall–Kier alpha value is -1.29. The summed E-state index contributed by atoms with van der Waals surface area (Å²) < 4.78 is 1.77. The molecule has 17 heavy (non-hydrogen) atoms. The van der Waals surface area contributed by atoms with Crippen LogP contribution < -0.4 is 4.90 Å². The lowest BCUT2D eigenvalue weighted by Crippen LogP contribution is -2.32. The van der Waals surface area contributed by atoms with Crippen molar-refractivity contribution in [2.75, 3.05) is 17.3 Å². The smallest absolute Gasteiger partial charge is 0.157 e. The minimum Gasteiger partial charge on any atom is -0.354 e. The molecule has 0 N–H and O–H groups in total. The standard InChI is InChI=1S/C12H17ClN4/c1-10(2)16(8-3-6-13)11-5-9-17-12(15-11)4-7-14-17/h4-5,7,9-10H,3,6,8H2,1-2H3. The number of aromatic nitrogens is 3. The molecule has 0 bridgehead atoms. The van der Waals surface area contributed by atoms with Gasteiger partial charge < -0.3 is 4.90 Å². The third kappa shape index (κ3) is 2.69. The fourth-order valence-corrected chi connectivity index (χ4v) is 1.95. The Kier molecular flexibility index (Phi) is 3.84. The van der Waals surface area contributed by atoms with E-state index in [0.717, 1.165) is 24.4 Å². The highest BCUT2D eigenvalue weighted by atomic mass is 35.5. The lowest BCUT2D eigenvalue weighted by molar-refractivity contribution is 0.663. The third-order valence-corrected chi connectivity index (χ3v) is 2.96. The van der Waals surface area contributed by atoms with Crippen LogP contribution in [0.3, 0.4) is 0 Å². The zero-order valence-corrected chi connectivity index (χ0v) is 10.9. The largest absolute Gasteiger partial charge is 0.354 e. The Labute approximate surface area is 106 Å². The zero-order valence-electron chi connectivity index (χ0n) is 10.2. The Bertz CT molecular complexity index is 480. The van der Waals surface area contributed by atoms with Gasteiger partial charge in [-0.1, -0.05) is 0 Å². The van der Waals surface area contributed by atoms with Crippen LogP contribution in [0.5, 0.6) is 0 Å². The quantitative estimate of drug-likeness (QED) is 0.767. The highest BCUT2D eigenvalue weighted by Gasteiger charge is 2.12. The van der Waals surface area contributed by atoms with Crippen molar-refractivity contribution in [1.82, 2.24) is 14.6 Å². The van der Waals surface area contributed by atoms with E-state index in [1.54, 1.807) is 10.7 Å². The van der Waals surface area contributed by atoms with Gasteiger partial charge in [-0.3, -0.25) is 0 Å². The second kappa shape index (κ2) is 5.36. The number of hydrogen-bond donors (Lipinski definition) is 0. The lowest BCUT2D eigenvalue weighted by atomic mass is 10.3. The number of anilines is 1. The fourth-order valence-electron chi connectivity index (χ4n) is 1.83. The monoisotopic (exact) mass is 252 g/mol.